The molecule has 0 bridgehead atoms. The predicted octanol–water partition coefficient (Wildman–Crippen LogP) is 4.75. The average molecular weight is 459 g/mol. The highest BCUT2D eigenvalue weighted by atomic mass is 79.9. The largest absolute Gasteiger partial charge is 0.452 e. The number of hydrogen-bond acceptors (Lipinski definition) is 3. The lowest BCUT2D eigenvalue weighted by Gasteiger charge is -2.37. The maximum atomic E-state index is 14.1. The van der Waals surface area contributed by atoms with Crippen LogP contribution in [0.1, 0.15) is 22.3 Å². The number of benzene rings is 2. The summed E-state index contributed by atoms with van der Waals surface area (Å²) in [6.45, 7) is -1.19. The van der Waals surface area contributed by atoms with Crippen LogP contribution in [0.15, 0.2) is 64.1 Å². The molecule has 0 spiro atoms. The Morgan fingerprint density at radius 1 is 1.21 bits per heavy atom. The van der Waals surface area contributed by atoms with Crippen LogP contribution in [0.5, 0.6) is 0 Å². The van der Waals surface area contributed by atoms with Crippen LogP contribution in [-0.4, -0.2) is 30.9 Å². The molecule has 0 saturated heterocycles. The standard InChI is InChI=1S/C19H15BrF4N2O2/c20-14-8-4-7-13(9-14)18(11-21)10-15(19(22,23)24)28-17(26-18)25-16(27)12-5-2-1-3-6-12/h1-9,15H,10-11H2,(H,25,26,27)/t15-,18+/m0/s1. The molecule has 3 rings (SSSR count). The number of aliphatic imine (C=N–C) groups is 1. The van der Waals surface area contributed by atoms with Crippen LogP contribution in [0.2, 0.25) is 0 Å². The van der Waals surface area contributed by atoms with Gasteiger partial charge in [0.15, 0.2) is 6.10 Å². The number of nitrogens with zero attached hydrogens (tertiary/aromatic N) is 1. The Bertz CT molecular complexity index is 889. The number of amidine groups is 1. The smallest absolute Gasteiger partial charge is 0.425 e. The molecule has 4 nitrogen and oxygen atoms in total. The van der Waals surface area contributed by atoms with Crippen LogP contribution in [0.25, 0.3) is 0 Å². The van der Waals surface area contributed by atoms with Crippen molar-refractivity contribution in [3.63, 3.8) is 0 Å². The van der Waals surface area contributed by atoms with Crippen LogP contribution in [0, 0.1) is 0 Å². The molecule has 2 atom stereocenters. The van der Waals surface area contributed by atoms with E-state index >= 15 is 0 Å². The minimum Gasteiger partial charge on any atom is -0.452 e. The van der Waals surface area contributed by atoms with Crippen molar-refractivity contribution in [2.45, 2.75) is 24.2 Å². The number of amides is 1. The molecule has 0 fully saturated rings. The second-order valence-corrected chi connectivity index (χ2v) is 7.18. The van der Waals surface area contributed by atoms with E-state index in [1.165, 1.54) is 24.3 Å². The molecule has 9 heteroatoms. The van der Waals surface area contributed by atoms with E-state index in [0.29, 0.717) is 4.47 Å². The zero-order chi connectivity index (χ0) is 20.4. The number of ether oxygens (including phenoxy) is 1. The minimum atomic E-state index is -4.76. The number of nitrogens with one attached hydrogen (secondary N) is 1. The van der Waals surface area contributed by atoms with Crippen LogP contribution in [-0.2, 0) is 10.3 Å². The SMILES string of the molecule is O=C(NC1=N[C@](CF)(c2cccc(Br)c2)C[C@@H](C(F)(F)F)O1)c1ccccc1. The van der Waals surface area contributed by atoms with Gasteiger partial charge >= 0.3 is 6.18 Å². The minimum absolute atomic E-state index is 0.205. The molecule has 1 amide bonds. The molecule has 1 aliphatic rings. The third-order valence-corrected chi connectivity index (χ3v) is 4.79. The summed E-state index contributed by atoms with van der Waals surface area (Å²) >= 11 is 3.23. The first-order valence-electron chi connectivity index (χ1n) is 8.25. The zero-order valence-electron chi connectivity index (χ0n) is 14.3. The van der Waals surface area contributed by atoms with Gasteiger partial charge in [0.1, 0.15) is 12.2 Å². The van der Waals surface area contributed by atoms with E-state index in [4.69, 9.17) is 4.74 Å². The normalized spacial score (nSPS) is 22.2. The Labute approximate surface area is 166 Å². The van der Waals surface area contributed by atoms with Crippen molar-refractivity contribution >= 4 is 27.9 Å². The number of carbonyl (C=O) groups excluding carboxylic acids is 1. The Morgan fingerprint density at radius 2 is 1.93 bits per heavy atom. The van der Waals surface area contributed by atoms with E-state index in [1.54, 1.807) is 30.3 Å². The Hall–Kier alpha value is -2.42. The van der Waals surface area contributed by atoms with Crippen molar-refractivity contribution in [1.82, 2.24) is 5.32 Å². The predicted molar refractivity (Wildman–Crippen MR) is 98.7 cm³/mol. The molecule has 1 heterocycles. The van der Waals surface area contributed by atoms with Gasteiger partial charge in [0.25, 0.3) is 11.9 Å². The Kier molecular flexibility index (Phi) is 5.74. The van der Waals surface area contributed by atoms with Gasteiger partial charge in [-0.25, -0.2) is 9.38 Å². The lowest BCUT2D eigenvalue weighted by molar-refractivity contribution is -0.209. The molecular weight excluding hydrogens is 444 g/mol. The van der Waals surface area contributed by atoms with Crippen LogP contribution < -0.4 is 5.32 Å². The first kappa shape index (κ1) is 20.3. The van der Waals surface area contributed by atoms with Gasteiger partial charge in [0.05, 0.1) is 0 Å². The first-order valence-corrected chi connectivity index (χ1v) is 9.04. The van der Waals surface area contributed by atoms with Gasteiger partial charge in [-0.1, -0.05) is 46.3 Å². The number of hydrogen-bond donors (Lipinski definition) is 1. The molecule has 0 radical (unpaired) electrons. The molecule has 2 aromatic rings. The molecule has 0 aromatic heterocycles. The van der Waals surface area contributed by atoms with Crippen molar-refractivity contribution in [3.8, 4) is 0 Å². The van der Waals surface area contributed by atoms with Crippen molar-refractivity contribution in [2.24, 2.45) is 4.99 Å². The van der Waals surface area contributed by atoms with Gasteiger partial charge in [0.2, 0.25) is 0 Å². The molecule has 0 unspecified atom stereocenters. The van der Waals surface area contributed by atoms with Crippen molar-refractivity contribution in [1.29, 1.82) is 0 Å². The number of rotatable bonds is 3. The van der Waals surface area contributed by atoms with E-state index in [-0.39, 0.29) is 11.1 Å². The Morgan fingerprint density at radius 3 is 2.54 bits per heavy atom. The van der Waals surface area contributed by atoms with E-state index in [9.17, 15) is 22.4 Å². The van der Waals surface area contributed by atoms with Gasteiger partial charge in [0, 0.05) is 16.5 Å². The van der Waals surface area contributed by atoms with E-state index in [0.717, 1.165) is 0 Å². The molecule has 0 saturated carbocycles. The molecule has 2 aromatic carbocycles. The summed E-state index contributed by atoms with van der Waals surface area (Å²) in [6, 6.07) is 13.4. The summed E-state index contributed by atoms with van der Waals surface area (Å²) in [6.07, 6.45) is -7.81. The number of alkyl halides is 4. The topological polar surface area (TPSA) is 50.7 Å². The molecule has 28 heavy (non-hydrogen) atoms. The third kappa shape index (κ3) is 4.35. The number of halogens is 5. The summed E-state index contributed by atoms with van der Waals surface area (Å²) in [5, 5.41) is 2.22. The molecule has 1 aliphatic heterocycles. The maximum Gasteiger partial charge on any atom is 0.425 e. The van der Waals surface area contributed by atoms with Crippen LogP contribution in [0.4, 0.5) is 17.6 Å². The van der Waals surface area contributed by atoms with Gasteiger partial charge in [-0.2, -0.15) is 13.2 Å². The zero-order valence-corrected chi connectivity index (χ0v) is 15.9. The summed E-state index contributed by atoms with van der Waals surface area (Å²) in [5.74, 6) is -0.704. The van der Waals surface area contributed by atoms with Crippen molar-refractivity contribution < 1.29 is 27.1 Å². The molecular formula is C19H15BrF4N2O2. The highest BCUT2D eigenvalue weighted by Gasteiger charge is 2.51. The second-order valence-electron chi connectivity index (χ2n) is 6.26. The highest BCUT2D eigenvalue weighted by molar-refractivity contribution is 9.10. The van der Waals surface area contributed by atoms with Gasteiger partial charge in [-0.05, 0) is 29.8 Å². The van der Waals surface area contributed by atoms with Gasteiger partial charge < -0.3 is 4.74 Å². The molecule has 0 aliphatic carbocycles. The fourth-order valence-electron chi connectivity index (χ4n) is 2.87. The number of carbonyl (C=O) groups is 1. The maximum absolute atomic E-state index is 14.1. The Balaban J connectivity index is 2.00. The fourth-order valence-corrected chi connectivity index (χ4v) is 3.27. The summed E-state index contributed by atoms with van der Waals surface area (Å²) in [4.78, 5) is 16.3. The van der Waals surface area contributed by atoms with Gasteiger partial charge in [-0.15, -0.1) is 0 Å². The second kappa shape index (κ2) is 7.90. The third-order valence-electron chi connectivity index (χ3n) is 4.30. The lowest BCUT2D eigenvalue weighted by Crippen LogP contribution is -2.50. The van der Waals surface area contributed by atoms with Crippen LogP contribution >= 0.6 is 15.9 Å². The fraction of sp³-hybridized carbons (Fsp3) is 0.263. The van der Waals surface area contributed by atoms with Gasteiger partial charge in [-0.3, -0.25) is 10.1 Å². The van der Waals surface area contributed by atoms with E-state index in [2.05, 4.69) is 26.2 Å². The summed E-state index contributed by atoms with van der Waals surface area (Å²) in [7, 11) is 0. The molecule has 148 valence electrons. The van der Waals surface area contributed by atoms with Crippen molar-refractivity contribution in [2.75, 3.05) is 6.67 Å². The average Bonchev–Trinajstić information content (AvgIpc) is 2.67. The quantitative estimate of drug-likeness (QED) is 0.674. The van der Waals surface area contributed by atoms with E-state index in [1.807, 2.05) is 0 Å². The lowest BCUT2D eigenvalue weighted by atomic mass is 9.85. The van der Waals surface area contributed by atoms with E-state index < -0.39 is 42.8 Å². The monoisotopic (exact) mass is 458 g/mol. The van der Waals surface area contributed by atoms with Crippen molar-refractivity contribution in [3.05, 3.63) is 70.2 Å². The summed E-state index contributed by atoms with van der Waals surface area (Å²) in [5.41, 5.74) is -1.38. The first-order chi connectivity index (χ1) is 13.2. The molecule has 1 N–H and O–H groups in total. The highest BCUT2D eigenvalue weighted by Crippen LogP contribution is 2.41. The summed E-state index contributed by atoms with van der Waals surface area (Å²) < 4.78 is 59.8. The van der Waals surface area contributed by atoms with Crippen LogP contribution in [0.3, 0.4) is 0 Å².